The maximum atomic E-state index is 12.1. The number of nitrogens with one attached hydrogen (secondary N) is 2. The normalized spacial score (nSPS) is 14.1. The van der Waals surface area contributed by atoms with Gasteiger partial charge in [0.2, 0.25) is 5.89 Å². The number of carbonyl (C=O) groups is 1. The molecule has 2 amide bonds. The van der Waals surface area contributed by atoms with Crippen LogP contribution in [0.4, 0.5) is 4.79 Å². The molecule has 1 aromatic heterocycles. The molecule has 2 N–H and O–H groups in total. The van der Waals surface area contributed by atoms with Gasteiger partial charge < -0.3 is 15.2 Å². The highest BCUT2D eigenvalue weighted by atomic mass is 16.5. The Balaban J connectivity index is 1.93. The molecule has 0 aliphatic carbocycles. The number of urea groups is 1. The number of aromatic nitrogens is 2. The van der Waals surface area contributed by atoms with Crippen LogP contribution in [0.2, 0.25) is 0 Å². The number of rotatable bonds is 4. The predicted octanol–water partition coefficient (Wildman–Crippen LogP) is 3.80. The molecule has 0 radical (unpaired) electrons. The molecule has 0 fully saturated rings. The van der Waals surface area contributed by atoms with Crippen molar-refractivity contribution in [3.8, 4) is 0 Å². The standard InChI is InChI=1S/C18H26N4O2/c1-11(14-7-9-15(10-8-14)18(4,5)6)19-17(23)20-12(2)16-21-13(3)22-24-16/h7-12H,1-6H3,(H2,19,20,23)/t11-,12-/m0/s1. The maximum absolute atomic E-state index is 12.1. The second-order valence-corrected chi connectivity index (χ2v) is 7.11. The van der Waals surface area contributed by atoms with E-state index in [4.69, 9.17) is 4.52 Å². The second-order valence-electron chi connectivity index (χ2n) is 7.11. The first-order valence-electron chi connectivity index (χ1n) is 8.14. The number of benzene rings is 1. The van der Waals surface area contributed by atoms with Crippen molar-refractivity contribution >= 4 is 6.03 Å². The van der Waals surface area contributed by atoms with Crippen LogP contribution in [-0.4, -0.2) is 16.2 Å². The summed E-state index contributed by atoms with van der Waals surface area (Å²) in [6.07, 6.45) is 0. The first-order chi connectivity index (χ1) is 11.2. The second kappa shape index (κ2) is 7.03. The minimum absolute atomic E-state index is 0.101. The SMILES string of the molecule is Cc1noc([C@H](C)NC(=O)N[C@@H](C)c2ccc(C(C)(C)C)cc2)n1. The summed E-state index contributed by atoms with van der Waals surface area (Å²) in [6.45, 7) is 12.0. The van der Waals surface area contributed by atoms with Crippen molar-refractivity contribution < 1.29 is 9.32 Å². The van der Waals surface area contributed by atoms with Crippen molar-refractivity contribution in [2.45, 2.75) is 59.0 Å². The molecule has 2 aromatic rings. The minimum atomic E-state index is -0.346. The van der Waals surface area contributed by atoms with Crippen LogP contribution < -0.4 is 10.6 Å². The van der Waals surface area contributed by atoms with E-state index in [2.05, 4.69) is 65.8 Å². The van der Waals surface area contributed by atoms with Crippen molar-refractivity contribution in [1.29, 1.82) is 0 Å². The van der Waals surface area contributed by atoms with E-state index in [1.807, 2.05) is 6.92 Å². The Kier molecular flexibility index (Phi) is 5.26. The third-order valence-corrected chi connectivity index (χ3v) is 3.89. The van der Waals surface area contributed by atoms with Gasteiger partial charge in [0.05, 0.1) is 6.04 Å². The summed E-state index contributed by atoms with van der Waals surface area (Å²) in [7, 11) is 0. The molecule has 1 heterocycles. The van der Waals surface area contributed by atoms with Crippen LogP contribution in [0.15, 0.2) is 28.8 Å². The van der Waals surface area contributed by atoms with Crippen molar-refractivity contribution in [2.24, 2.45) is 0 Å². The van der Waals surface area contributed by atoms with Crippen LogP contribution in [0.1, 0.15) is 69.5 Å². The van der Waals surface area contributed by atoms with E-state index in [1.165, 1.54) is 5.56 Å². The number of carbonyl (C=O) groups excluding carboxylic acids is 1. The molecule has 24 heavy (non-hydrogen) atoms. The average molecular weight is 330 g/mol. The van der Waals surface area contributed by atoms with Crippen LogP contribution in [0, 0.1) is 6.92 Å². The first kappa shape index (κ1) is 18.0. The van der Waals surface area contributed by atoms with Crippen LogP contribution in [0.5, 0.6) is 0 Å². The first-order valence-corrected chi connectivity index (χ1v) is 8.14. The molecule has 0 spiro atoms. The average Bonchev–Trinajstić information content (AvgIpc) is 2.93. The van der Waals surface area contributed by atoms with Gasteiger partial charge in [-0.25, -0.2) is 4.79 Å². The highest BCUT2D eigenvalue weighted by Gasteiger charge is 2.18. The molecule has 2 rings (SSSR count). The summed E-state index contributed by atoms with van der Waals surface area (Å²) in [4.78, 5) is 16.2. The van der Waals surface area contributed by atoms with Crippen LogP contribution in [0.3, 0.4) is 0 Å². The summed E-state index contributed by atoms with van der Waals surface area (Å²) in [6, 6.07) is 7.60. The Bertz CT molecular complexity index is 686. The zero-order valence-corrected chi connectivity index (χ0v) is 15.2. The molecule has 2 atom stereocenters. The lowest BCUT2D eigenvalue weighted by Gasteiger charge is -2.21. The zero-order chi connectivity index (χ0) is 17.9. The molecule has 0 saturated carbocycles. The van der Waals surface area contributed by atoms with Gasteiger partial charge in [-0.3, -0.25) is 0 Å². The monoisotopic (exact) mass is 330 g/mol. The van der Waals surface area contributed by atoms with Gasteiger partial charge >= 0.3 is 6.03 Å². The number of nitrogens with zero attached hydrogens (tertiary/aromatic N) is 2. The fourth-order valence-corrected chi connectivity index (χ4v) is 2.34. The Morgan fingerprint density at radius 2 is 1.67 bits per heavy atom. The molecule has 6 nitrogen and oxygen atoms in total. The molecule has 0 bridgehead atoms. The largest absolute Gasteiger partial charge is 0.337 e. The quantitative estimate of drug-likeness (QED) is 0.893. The van der Waals surface area contributed by atoms with E-state index in [0.717, 1.165) is 5.56 Å². The van der Waals surface area contributed by atoms with Gasteiger partial charge in [-0.2, -0.15) is 4.98 Å². The maximum Gasteiger partial charge on any atom is 0.315 e. The van der Waals surface area contributed by atoms with Gasteiger partial charge in [0.15, 0.2) is 5.82 Å². The van der Waals surface area contributed by atoms with Crippen molar-refractivity contribution in [3.05, 3.63) is 47.1 Å². The van der Waals surface area contributed by atoms with Crippen LogP contribution in [-0.2, 0) is 5.41 Å². The Morgan fingerprint density at radius 3 is 2.17 bits per heavy atom. The third kappa shape index (κ3) is 4.57. The Labute approximate surface area is 143 Å². The fraction of sp³-hybridized carbons (Fsp3) is 0.500. The van der Waals surface area contributed by atoms with E-state index in [0.29, 0.717) is 11.7 Å². The number of amides is 2. The van der Waals surface area contributed by atoms with Gasteiger partial charge in [-0.1, -0.05) is 50.2 Å². The van der Waals surface area contributed by atoms with E-state index in [-0.39, 0.29) is 23.5 Å². The smallest absolute Gasteiger partial charge is 0.315 e. The lowest BCUT2D eigenvalue weighted by Crippen LogP contribution is -2.38. The van der Waals surface area contributed by atoms with Gasteiger partial charge in [-0.05, 0) is 37.3 Å². The zero-order valence-electron chi connectivity index (χ0n) is 15.2. The topological polar surface area (TPSA) is 80.0 Å². The van der Waals surface area contributed by atoms with Gasteiger partial charge in [-0.15, -0.1) is 0 Å². The molecule has 0 aliphatic heterocycles. The Morgan fingerprint density at radius 1 is 1.08 bits per heavy atom. The lowest BCUT2D eigenvalue weighted by molar-refractivity contribution is 0.231. The molecule has 1 aromatic carbocycles. The number of hydrogen-bond donors (Lipinski definition) is 2. The number of aryl methyl sites for hydroxylation is 1. The molecule has 0 unspecified atom stereocenters. The number of hydrogen-bond acceptors (Lipinski definition) is 4. The van der Waals surface area contributed by atoms with Crippen molar-refractivity contribution in [1.82, 2.24) is 20.8 Å². The molecular formula is C18H26N4O2. The summed E-state index contributed by atoms with van der Waals surface area (Å²) in [5.41, 5.74) is 2.44. The van der Waals surface area contributed by atoms with E-state index < -0.39 is 0 Å². The van der Waals surface area contributed by atoms with Gasteiger partial charge in [0.1, 0.15) is 6.04 Å². The summed E-state index contributed by atoms with van der Waals surface area (Å²) in [5.74, 6) is 0.941. The van der Waals surface area contributed by atoms with E-state index >= 15 is 0 Å². The molecule has 0 saturated heterocycles. The molecule has 6 heteroatoms. The summed E-state index contributed by atoms with van der Waals surface area (Å²) < 4.78 is 5.06. The Hall–Kier alpha value is -2.37. The molecule has 0 aliphatic rings. The van der Waals surface area contributed by atoms with Gasteiger partial charge in [0, 0.05) is 0 Å². The lowest BCUT2D eigenvalue weighted by atomic mass is 9.86. The predicted molar refractivity (Wildman–Crippen MR) is 92.7 cm³/mol. The fourth-order valence-electron chi connectivity index (χ4n) is 2.34. The van der Waals surface area contributed by atoms with Crippen molar-refractivity contribution in [2.75, 3.05) is 0 Å². The summed E-state index contributed by atoms with van der Waals surface area (Å²) in [5, 5.41) is 9.45. The van der Waals surface area contributed by atoms with E-state index in [9.17, 15) is 4.79 Å². The summed E-state index contributed by atoms with van der Waals surface area (Å²) >= 11 is 0. The van der Waals surface area contributed by atoms with E-state index in [1.54, 1.807) is 13.8 Å². The highest BCUT2D eigenvalue weighted by Crippen LogP contribution is 2.23. The minimum Gasteiger partial charge on any atom is -0.337 e. The van der Waals surface area contributed by atoms with Crippen molar-refractivity contribution in [3.63, 3.8) is 0 Å². The third-order valence-electron chi connectivity index (χ3n) is 3.89. The van der Waals surface area contributed by atoms with Crippen LogP contribution >= 0.6 is 0 Å². The molecular weight excluding hydrogens is 304 g/mol. The van der Waals surface area contributed by atoms with Gasteiger partial charge in [0.25, 0.3) is 0 Å². The van der Waals surface area contributed by atoms with Crippen LogP contribution in [0.25, 0.3) is 0 Å². The highest BCUT2D eigenvalue weighted by molar-refractivity contribution is 5.74. The molecule has 130 valence electrons.